The van der Waals surface area contributed by atoms with E-state index in [9.17, 15) is 13.5 Å². The number of benzene rings is 1. The number of hydrogen-bond donors (Lipinski definition) is 1. The molecule has 7 heteroatoms. The molecule has 2 rings (SSSR count). The van der Waals surface area contributed by atoms with Gasteiger partial charge in [-0.05, 0) is 32.9 Å². The van der Waals surface area contributed by atoms with Crippen LogP contribution in [0.2, 0.25) is 0 Å². The Balaban J connectivity index is 2.03. The monoisotopic (exact) mass is 316 g/mol. The van der Waals surface area contributed by atoms with Gasteiger partial charge in [0.05, 0.1) is 18.1 Å². The molecule has 118 valence electrons. The van der Waals surface area contributed by atoms with Crippen molar-refractivity contribution in [2.24, 2.45) is 0 Å². The molecule has 0 aliphatic carbocycles. The summed E-state index contributed by atoms with van der Waals surface area (Å²) in [5.41, 5.74) is 0.962. The highest BCUT2D eigenvalue weighted by molar-refractivity contribution is 7.86. The predicted octanol–water partition coefficient (Wildman–Crippen LogP) is 1.21. The summed E-state index contributed by atoms with van der Waals surface area (Å²) in [7, 11) is -3.85. The molecule has 1 N–H and O–H groups in total. The van der Waals surface area contributed by atoms with Crippen molar-refractivity contribution in [1.82, 2.24) is 0 Å². The number of ether oxygens (including phenoxy) is 2. The topological polar surface area (TPSA) is 82.1 Å². The Kier molecular flexibility index (Phi) is 4.69. The average molecular weight is 316 g/mol. The van der Waals surface area contributed by atoms with E-state index in [4.69, 9.17) is 13.7 Å². The first-order valence-corrected chi connectivity index (χ1v) is 8.07. The van der Waals surface area contributed by atoms with Crippen LogP contribution in [0.25, 0.3) is 0 Å². The van der Waals surface area contributed by atoms with E-state index in [1.165, 1.54) is 12.1 Å². The lowest BCUT2D eigenvalue weighted by Gasteiger charge is -2.16. The Morgan fingerprint density at radius 1 is 1.19 bits per heavy atom. The van der Waals surface area contributed by atoms with Crippen LogP contribution < -0.4 is 0 Å². The molecule has 0 saturated carbocycles. The summed E-state index contributed by atoms with van der Waals surface area (Å²) in [5.74, 6) is -0.866. The maximum atomic E-state index is 12.1. The predicted molar refractivity (Wildman–Crippen MR) is 75.2 cm³/mol. The first kappa shape index (κ1) is 16.4. The van der Waals surface area contributed by atoms with Crippen LogP contribution in [0.3, 0.4) is 0 Å². The molecule has 0 bridgehead atoms. The van der Waals surface area contributed by atoms with Gasteiger partial charge < -0.3 is 14.6 Å². The van der Waals surface area contributed by atoms with Crippen LogP contribution in [-0.4, -0.2) is 44.7 Å². The van der Waals surface area contributed by atoms with Crippen LogP contribution in [0.1, 0.15) is 19.4 Å². The van der Waals surface area contributed by atoms with E-state index in [0.717, 1.165) is 5.56 Å². The molecule has 1 aromatic rings. The third-order valence-corrected chi connectivity index (χ3v) is 4.46. The van der Waals surface area contributed by atoms with Crippen molar-refractivity contribution in [2.45, 2.75) is 43.7 Å². The average Bonchev–Trinajstić information content (AvgIpc) is 2.72. The molecule has 1 aromatic carbocycles. The second-order valence-corrected chi connectivity index (χ2v) is 7.06. The molecule has 1 aliphatic rings. The Hall–Kier alpha value is -0.990. The van der Waals surface area contributed by atoms with Gasteiger partial charge >= 0.3 is 0 Å². The maximum absolute atomic E-state index is 12.1. The number of aliphatic hydroxyl groups excluding tert-OH is 1. The summed E-state index contributed by atoms with van der Waals surface area (Å²) in [5, 5.41) is 9.24. The summed E-state index contributed by atoms with van der Waals surface area (Å²) in [6, 6.07) is 6.38. The molecule has 2 atom stereocenters. The summed E-state index contributed by atoms with van der Waals surface area (Å²) < 4.78 is 40.2. The molecule has 1 fully saturated rings. The van der Waals surface area contributed by atoms with Gasteiger partial charge in [-0.2, -0.15) is 8.42 Å². The van der Waals surface area contributed by atoms with Gasteiger partial charge in [0.2, 0.25) is 0 Å². The Morgan fingerprint density at radius 2 is 1.76 bits per heavy atom. The normalized spacial score (nSPS) is 25.1. The Labute approximate surface area is 124 Å². The number of hydrogen-bond acceptors (Lipinski definition) is 6. The van der Waals surface area contributed by atoms with E-state index >= 15 is 0 Å². The SMILES string of the molecule is Cc1ccc(S(=O)(=O)OC[C@H]2OC(C)(C)O[C@H]2CO)cc1. The van der Waals surface area contributed by atoms with Gasteiger partial charge in [-0.1, -0.05) is 17.7 Å². The molecule has 0 spiro atoms. The van der Waals surface area contributed by atoms with Crippen molar-refractivity contribution in [3.8, 4) is 0 Å². The molecule has 0 unspecified atom stereocenters. The fourth-order valence-electron chi connectivity index (χ4n) is 2.13. The Bertz CT molecular complexity index is 578. The first-order chi connectivity index (χ1) is 9.73. The summed E-state index contributed by atoms with van der Waals surface area (Å²) in [6.07, 6.45) is -1.24. The molecule has 0 radical (unpaired) electrons. The second-order valence-electron chi connectivity index (χ2n) is 5.45. The second kappa shape index (κ2) is 6.02. The molecular weight excluding hydrogens is 296 g/mol. The van der Waals surface area contributed by atoms with Crippen molar-refractivity contribution in [2.75, 3.05) is 13.2 Å². The number of rotatable bonds is 5. The van der Waals surface area contributed by atoms with E-state index in [-0.39, 0.29) is 18.1 Å². The van der Waals surface area contributed by atoms with E-state index in [0.29, 0.717) is 0 Å². The molecule has 0 aromatic heterocycles. The van der Waals surface area contributed by atoms with Gasteiger partial charge in [-0.25, -0.2) is 0 Å². The molecule has 6 nitrogen and oxygen atoms in total. The molecule has 1 saturated heterocycles. The fourth-order valence-corrected chi connectivity index (χ4v) is 3.05. The summed E-state index contributed by atoms with van der Waals surface area (Å²) >= 11 is 0. The molecular formula is C14H20O6S. The largest absolute Gasteiger partial charge is 0.394 e. The van der Waals surface area contributed by atoms with Gasteiger partial charge in [0, 0.05) is 0 Å². The molecule has 1 aliphatic heterocycles. The van der Waals surface area contributed by atoms with E-state index in [1.54, 1.807) is 26.0 Å². The van der Waals surface area contributed by atoms with Crippen LogP contribution in [0.15, 0.2) is 29.2 Å². The van der Waals surface area contributed by atoms with Crippen molar-refractivity contribution < 1.29 is 27.2 Å². The van der Waals surface area contributed by atoms with Crippen LogP contribution in [0.4, 0.5) is 0 Å². The highest BCUT2D eigenvalue weighted by atomic mass is 32.2. The maximum Gasteiger partial charge on any atom is 0.297 e. The van der Waals surface area contributed by atoms with Gasteiger partial charge in [-0.15, -0.1) is 0 Å². The minimum Gasteiger partial charge on any atom is -0.394 e. The van der Waals surface area contributed by atoms with E-state index < -0.39 is 28.1 Å². The molecule has 0 amide bonds. The van der Waals surface area contributed by atoms with Crippen molar-refractivity contribution >= 4 is 10.1 Å². The minimum atomic E-state index is -3.85. The van der Waals surface area contributed by atoms with Crippen molar-refractivity contribution in [3.63, 3.8) is 0 Å². The molecule has 1 heterocycles. The van der Waals surface area contributed by atoms with Crippen LogP contribution in [0.5, 0.6) is 0 Å². The number of aliphatic hydroxyl groups is 1. The van der Waals surface area contributed by atoms with Gasteiger partial charge in [-0.3, -0.25) is 4.18 Å². The van der Waals surface area contributed by atoms with Crippen LogP contribution >= 0.6 is 0 Å². The molecule has 21 heavy (non-hydrogen) atoms. The minimum absolute atomic E-state index is 0.0897. The van der Waals surface area contributed by atoms with Crippen molar-refractivity contribution in [3.05, 3.63) is 29.8 Å². The Morgan fingerprint density at radius 3 is 2.33 bits per heavy atom. The van der Waals surface area contributed by atoms with Crippen LogP contribution in [-0.2, 0) is 23.8 Å². The third kappa shape index (κ3) is 4.02. The standard InChI is InChI=1S/C14H20O6S/c1-10-4-6-11(7-5-10)21(16,17)18-9-13-12(8-15)19-14(2,3)20-13/h4-7,12-13,15H,8-9H2,1-3H3/t12-,13+/m0/s1. The highest BCUT2D eigenvalue weighted by Gasteiger charge is 2.41. The van der Waals surface area contributed by atoms with Gasteiger partial charge in [0.15, 0.2) is 5.79 Å². The lowest BCUT2D eigenvalue weighted by molar-refractivity contribution is -0.150. The lowest BCUT2D eigenvalue weighted by atomic mass is 10.2. The van der Waals surface area contributed by atoms with Gasteiger partial charge in [0.25, 0.3) is 10.1 Å². The number of aryl methyl sites for hydroxylation is 1. The van der Waals surface area contributed by atoms with E-state index in [2.05, 4.69) is 0 Å². The highest BCUT2D eigenvalue weighted by Crippen LogP contribution is 2.28. The summed E-state index contributed by atoms with van der Waals surface area (Å²) in [6.45, 7) is 4.80. The first-order valence-electron chi connectivity index (χ1n) is 6.66. The zero-order valence-corrected chi connectivity index (χ0v) is 13.1. The van der Waals surface area contributed by atoms with Gasteiger partial charge in [0.1, 0.15) is 12.2 Å². The lowest BCUT2D eigenvalue weighted by Crippen LogP contribution is -2.31. The zero-order valence-electron chi connectivity index (χ0n) is 12.3. The van der Waals surface area contributed by atoms with Crippen LogP contribution in [0, 0.1) is 6.92 Å². The fraction of sp³-hybridized carbons (Fsp3) is 0.571. The quantitative estimate of drug-likeness (QED) is 0.822. The third-order valence-electron chi connectivity index (χ3n) is 3.16. The zero-order chi connectivity index (χ0) is 15.7. The van der Waals surface area contributed by atoms with Crippen molar-refractivity contribution in [1.29, 1.82) is 0 Å². The van der Waals surface area contributed by atoms with E-state index in [1.807, 2.05) is 6.92 Å². The summed E-state index contributed by atoms with van der Waals surface area (Å²) in [4.78, 5) is 0.0897. The smallest absolute Gasteiger partial charge is 0.297 e.